The summed E-state index contributed by atoms with van der Waals surface area (Å²) in [6.45, 7) is 3.30. The van der Waals surface area contributed by atoms with Crippen LogP contribution in [0.4, 0.5) is 0 Å². The number of hydrogen-bond donors (Lipinski definition) is 1. The lowest BCUT2D eigenvalue weighted by molar-refractivity contribution is 0.129. The van der Waals surface area contributed by atoms with Gasteiger partial charge in [-0.2, -0.15) is 0 Å². The molecule has 2 rings (SSSR count). The molecular weight excluding hydrogens is 208 g/mol. The van der Waals surface area contributed by atoms with E-state index in [1.165, 1.54) is 51.4 Å². The van der Waals surface area contributed by atoms with Crippen molar-refractivity contribution < 1.29 is 0 Å². The number of nitrogens with two attached hydrogens (primary N) is 1. The molecule has 0 saturated heterocycles. The summed E-state index contributed by atoms with van der Waals surface area (Å²) in [7, 11) is 2.36. The maximum atomic E-state index is 5.92. The van der Waals surface area contributed by atoms with Gasteiger partial charge in [0.15, 0.2) is 0 Å². The van der Waals surface area contributed by atoms with Gasteiger partial charge in [0.2, 0.25) is 0 Å². The second kappa shape index (κ2) is 6.19. The number of rotatable bonds is 3. The Labute approximate surface area is 107 Å². The molecule has 2 nitrogen and oxygen atoms in total. The van der Waals surface area contributed by atoms with Crippen molar-refractivity contribution in [1.29, 1.82) is 0 Å². The third kappa shape index (κ3) is 3.23. The SMILES string of the molecule is CC1CCCC(N(C)C2CCCC2CN)CC1. The van der Waals surface area contributed by atoms with Crippen LogP contribution in [0.2, 0.25) is 0 Å². The van der Waals surface area contributed by atoms with Gasteiger partial charge in [0.1, 0.15) is 0 Å². The lowest BCUT2D eigenvalue weighted by Gasteiger charge is -2.35. The van der Waals surface area contributed by atoms with Gasteiger partial charge in [-0.1, -0.05) is 26.2 Å². The molecule has 2 N–H and O–H groups in total. The highest BCUT2D eigenvalue weighted by Crippen LogP contribution is 2.33. The molecule has 0 spiro atoms. The molecule has 2 aliphatic rings. The third-order valence-electron chi connectivity index (χ3n) is 5.25. The number of nitrogens with zero attached hydrogens (tertiary/aromatic N) is 1. The van der Waals surface area contributed by atoms with E-state index < -0.39 is 0 Å². The van der Waals surface area contributed by atoms with Crippen molar-refractivity contribution in [2.45, 2.75) is 70.4 Å². The molecule has 0 radical (unpaired) electrons. The van der Waals surface area contributed by atoms with Crippen molar-refractivity contribution in [3.05, 3.63) is 0 Å². The maximum absolute atomic E-state index is 5.92. The van der Waals surface area contributed by atoms with E-state index in [1.54, 1.807) is 0 Å². The second-order valence-electron chi connectivity index (χ2n) is 6.43. The van der Waals surface area contributed by atoms with Crippen molar-refractivity contribution in [2.24, 2.45) is 17.6 Å². The molecule has 0 bridgehead atoms. The maximum Gasteiger partial charge on any atom is 0.0135 e. The standard InChI is InChI=1S/C15H30N2/c1-12-5-3-7-14(10-9-12)17(2)15-8-4-6-13(15)11-16/h12-15H,3-11,16H2,1-2H3. The van der Waals surface area contributed by atoms with Crippen LogP contribution in [-0.2, 0) is 0 Å². The zero-order valence-corrected chi connectivity index (χ0v) is 11.7. The van der Waals surface area contributed by atoms with Crippen LogP contribution < -0.4 is 5.73 Å². The molecule has 2 aliphatic carbocycles. The molecule has 4 unspecified atom stereocenters. The fraction of sp³-hybridized carbons (Fsp3) is 1.00. The van der Waals surface area contributed by atoms with Crippen LogP contribution in [-0.4, -0.2) is 30.6 Å². The summed E-state index contributed by atoms with van der Waals surface area (Å²) in [6.07, 6.45) is 11.2. The molecule has 0 amide bonds. The van der Waals surface area contributed by atoms with Gasteiger partial charge in [0.05, 0.1) is 0 Å². The molecule has 0 aromatic heterocycles. The van der Waals surface area contributed by atoms with Crippen molar-refractivity contribution in [2.75, 3.05) is 13.6 Å². The third-order valence-corrected chi connectivity index (χ3v) is 5.25. The first kappa shape index (κ1) is 13.4. The van der Waals surface area contributed by atoms with E-state index >= 15 is 0 Å². The summed E-state index contributed by atoms with van der Waals surface area (Å²) in [6, 6.07) is 1.61. The Kier molecular flexibility index (Phi) is 4.87. The van der Waals surface area contributed by atoms with Crippen molar-refractivity contribution in [3.63, 3.8) is 0 Å². The molecule has 4 atom stereocenters. The Morgan fingerprint density at radius 2 is 1.76 bits per heavy atom. The summed E-state index contributed by atoms with van der Waals surface area (Å²) in [5.41, 5.74) is 5.92. The Balaban J connectivity index is 1.91. The molecule has 2 saturated carbocycles. The Hall–Kier alpha value is -0.0800. The largest absolute Gasteiger partial charge is 0.330 e. The fourth-order valence-corrected chi connectivity index (χ4v) is 3.97. The van der Waals surface area contributed by atoms with Crippen LogP contribution >= 0.6 is 0 Å². The van der Waals surface area contributed by atoms with Crippen LogP contribution in [0.5, 0.6) is 0 Å². The zero-order chi connectivity index (χ0) is 12.3. The molecule has 0 aromatic rings. The smallest absolute Gasteiger partial charge is 0.0135 e. The Morgan fingerprint density at radius 3 is 2.53 bits per heavy atom. The first-order valence-corrected chi connectivity index (χ1v) is 7.64. The van der Waals surface area contributed by atoms with Crippen LogP contribution in [0.1, 0.15) is 58.3 Å². The summed E-state index contributed by atoms with van der Waals surface area (Å²) >= 11 is 0. The minimum absolute atomic E-state index is 0.765. The van der Waals surface area contributed by atoms with E-state index in [4.69, 9.17) is 5.73 Å². The van der Waals surface area contributed by atoms with E-state index in [9.17, 15) is 0 Å². The van der Waals surface area contributed by atoms with Gasteiger partial charge in [0.25, 0.3) is 0 Å². The second-order valence-corrected chi connectivity index (χ2v) is 6.43. The fourth-order valence-electron chi connectivity index (χ4n) is 3.97. The first-order chi connectivity index (χ1) is 8.22. The van der Waals surface area contributed by atoms with Gasteiger partial charge in [0, 0.05) is 12.1 Å². The van der Waals surface area contributed by atoms with Gasteiger partial charge in [-0.15, -0.1) is 0 Å². The molecule has 100 valence electrons. The Bertz CT molecular complexity index is 229. The van der Waals surface area contributed by atoms with E-state index in [1.807, 2.05) is 0 Å². The van der Waals surface area contributed by atoms with Gasteiger partial charge in [-0.25, -0.2) is 0 Å². The van der Waals surface area contributed by atoms with Gasteiger partial charge in [-0.05, 0) is 57.5 Å². The average molecular weight is 238 g/mol. The van der Waals surface area contributed by atoms with Crippen LogP contribution in [0.15, 0.2) is 0 Å². The molecule has 0 aliphatic heterocycles. The van der Waals surface area contributed by atoms with E-state index in [0.29, 0.717) is 0 Å². The van der Waals surface area contributed by atoms with Crippen molar-refractivity contribution in [1.82, 2.24) is 4.90 Å². The summed E-state index contributed by atoms with van der Waals surface area (Å²) in [5, 5.41) is 0. The monoisotopic (exact) mass is 238 g/mol. The molecule has 2 heteroatoms. The van der Waals surface area contributed by atoms with Gasteiger partial charge < -0.3 is 10.6 Å². The lowest BCUT2D eigenvalue weighted by Crippen LogP contribution is -2.43. The predicted molar refractivity (Wildman–Crippen MR) is 74.0 cm³/mol. The normalized spacial score (nSPS) is 39.5. The average Bonchev–Trinajstić information content (AvgIpc) is 2.70. The molecule has 0 heterocycles. The van der Waals surface area contributed by atoms with Crippen LogP contribution in [0.25, 0.3) is 0 Å². The molecule has 17 heavy (non-hydrogen) atoms. The Morgan fingerprint density at radius 1 is 1.00 bits per heavy atom. The van der Waals surface area contributed by atoms with Crippen molar-refractivity contribution in [3.8, 4) is 0 Å². The highest BCUT2D eigenvalue weighted by atomic mass is 15.2. The van der Waals surface area contributed by atoms with Crippen molar-refractivity contribution >= 4 is 0 Å². The van der Waals surface area contributed by atoms with Gasteiger partial charge in [-0.3, -0.25) is 0 Å². The van der Waals surface area contributed by atoms with Crippen LogP contribution in [0.3, 0.4) is 0 Å². The highest BCUT2D eigenvalue weighted by Gasteiger charge is 2.33. The van der Waals surface area contributed by atoms with Crippen LogP contribution in [0, 0.1) is 11.8 Å². The molecule has 0 aromatic carbocycles. The van der Waals surface area contributed by atoms with Gasteiger partial charge >= 0.3 is 0 Å². The van der Waals surface area contributed by atoms with E-state index in [0.717, 1.165) is 30.5 Å². The quantitative estimate of drug-likeness (QED) is 0.766. The minimum Gasteiger partial charge on any atom is -0.330 e. The number of hydrogen-bond acceptors (Lipinski definition) is 2. The summed E-state index contributed by atoms with van der Waals surface area (Å²) in [4.78, 5) is 2.70. The summed E-state index contributed by atoms with van der Waals surface area (Å²) < 4.78 is 0. The highest BCUT2D eigenvalue weighted by molar-refractivity contribution is 4.88. The molecular formula is C15H30N2. The first-order valence-electron chi connectivity index (χ1n) is 7.64. The molecule has 2 fully saturated rings. The topological polar surface area (TPSA) is 29.3 Å². The predicted octanol–water partition coefficient (Wildman–Crippen LogP) is 3.01. The zero-order valence-electron chi connectivity index (χ0n) is 11.7. The van der Waals surface area contributed by atoms with E-state index in [2.05, 4.69) is 18.9 Å². The summed E-state index contributed by atoms with van der Waals surface area (Å²) in [5.74, 6) is 1.71. The van der Waals surface area contributed by atoms with E-state index in [-0.39, 0.29) is 0 Å². The minimum atomic E-state index is 0.765. The lowest BCUT2D eigenvalue weighted by atomic mass is 9.98.